The number of hydrogen-bond donors (Lipinski definition) is 2. The fraction of sp³-hybridized carbons (Fsp3) is 0.682. The van der Waals surface area contributed by atoms with Gasteiger partial charge in [-0.05, 0) is 37.3 Å². The summed E-state index contributed by atoms with van der Waals surface area (Å²) in [7, 11) is 0. The van der Waals surface area contributed by atoms with Gasteiger partial charge < -0.3 is 14.6 Å². The number of unbranched alkanes of at least 4 members (excludes halogenated alkanes) is 4. The van der Waals surface area contributed by atoms with Crippen LogP contribution >= 0.6 is 0 Å². The molecule has 1 aromatic carbocycles. The summed E-state index contributed by atoms with van der Waals surface area (Å²) in [5.74, 6) is 2.21. The zero-order chi connectivity index (χ0) is 21.1. The molecule has 0 fully saturated rings. The Morgan fingerprint density at radius 3 is 2.30 bits per heavy atom. The maximum atomic E-state index is 10.3. The molecule has 0 saturated heterocycles. The summed E-state index contributed by atoms with van der Waals surface area (Å²) < 4.78 is 11.7. The molecule has 1 heterocycles. The van der Waals surface area contributed by atoms with Crippen LogP contribution in [0.25, 0.3) is 0 Å². The van der Waals surface area contributed by atoms with Gasteiger partial charge in [0.2, 0.25) is 0 Å². The van der Waals surface area contributed by atoms with Crippen LogP contribution in [-0.4, -0.2) is 68.5 Å². The van der Waals surface area contributed by atoms with Crippen LogP contribution in [0.4, 0.5) is 0 Å². The molecule has 0 atom stereocenters. The molecular formula is C22H37N4NaO3. The number of H-pyrrole nitrogens is 1. The first-order valence-electron chi connectivity index (χ1n) is 10.8. The van der Waals surface area contributed by atoms with E-state index in [1.54, 1.807) is 6.07 Å². The number of nitrogens with one attached hydrogen (secondary N) is 1. The fourth-order valence-corrected chi connectivity index (χ4v) is 3.24. The molecule has 2 aromatic rings. The third-order valence-corrected chi connectivity index (χ3v) is 5.18. The van der Waals surface area contributed by atoms with Crippen molar-refractivity contribution < 1.29 is 14.6 Å². The van der Waals surface area contributed by atoms with E-state index in [0.717, 1.165) is 68.5 Å². The number of hydrogen-bond acceptors (Lipinski definition) is 6. The van der Waals surface area contributed by atoms with E-state index in [1.807, 2.05) is 6.07 Å². The number of tetrazole rings is 1. The van der Waals surface area contributed by atoms with E-state index >= 15 is 0 Å². The van der Waals surface area contributed by atoms with E-state index in [-0.39, 0.29) is 40.7 Å². The van der Waals surface area contributed by atoms with Crippen LogP contribution in [0, 0.1) is 0 Å². The van der Waals surface area contributed by atoms with Crippen molar-refractivity contribution in [3.05, 3.63) is 23.5 Å². The topological polar surface area (TPSA) is 93.2 Å². The molecule has 0 amide bonds. The minimum absolute atomic E-state index is 0. The van der Waals surface area contributed by atoms with Gasteiger partial charge in [0.15, 0.2) is 17.3 Å². The Hall–Kier alpha value is -1.31. The first kappa shape index (κ1) is 26.7. The Kier molecular flexibility index (Phi) is 12.4. The third kappa shape index (κ3) is 8.44. The van der Waals surface area contributed by atoms with Crippen LogP contribution in [0.5, 0.6) is 17.2 Å². The zero-order valence-corrected chi connectivity index (χ0v) is 18.3. The number of nitrogens with zero attached hydrogens (tertiary/aromatic N) is 3. The van der Waals surface area contributed by atoms with Crippen molar-refractivity contribution in [3.8, 4) is 17.2 Å². The number of phenolic OH excluding ortho intramolecular Hbond substituents is 1. The second kappa shape index (κ2) is 13.9. The summed E-state index contributed by atoms with van der Waals surface area (Å²) in [6.45, 7) is 9.78. The van der Waals surface area contributed by atoms with Gasteiger partial charge in [0.05, 0.1) is 13.2 Å². The van der Waals surface area contributed by atoms with Crippen molar-refractivity contribution in [2.75, 3.05) is 13.2 Å². The summed E-state index contributed by atoms with van der Waals surface area (Å²) >= 11 is 0. The first-order valence-corrected chi connectivity index (χ1v) is 10.8. The maximum absolute atomic E-state index is 10.3. The Morgan fingerprint density at radius 1 is 0.967 bits per heavy atom. The molecular weight excluding hydrogens is 391 g/mol. The normalized spacial score (nSPS) is 11.2. The van der Waals surface area contributed by atoms with Gasteiger partial charge in [-0.15, -0.1) is 10.2 Å². The van der Waals surface area contributed by atoms with Crippen molar-refractivity contribution in [2.45, 2.75) is 84.5 Å². The van der Waals surface area contributed by atoms with Crippen LogP contribution in [0.15, 0.2) is 12.1 Å². The van der Waals surface area contributed by atoms with Gasteiger partial charge in [0.25, 0.3) is 0 Å². The number of ether oxygens (including phenoxy) is 2. The molecule has 0 spiro atoms. The second-order valence-corrected chi connectivity index (χ2v) is 8.12. The minimum atomic E-state index is -0.0814. The SMILES string of the molecule is CCCCCOc1cc(CC)c(OCCCCCC(C)(C)c2nn[nH]n2)cc1O.[NaH]. The van der Waals surface area contributed by atoms with Crippen LogP contribution in [0.2, 0.25) is 0 Å². The number of aromatic amines is 1. The van der Waals surface area contributed by atoms with E-state index in [4.69, 9.17) is 9.47 Å². The van der Waals surface area contributed by atoms with Crippen molar-refractivity contribution in [2.24, 2.45) is 0 Å². The van der Waals surface area contributed by atoms with Crippen molar-refractivity contribution >= 4 is 29.6 Å². The number of rotatable bonds is 14. The van der Waals surface area contributed by atoms with E-state index in [1.165, 1.54) is 0 Å². The van der Waals surface area contributed by atoms with Crippen molar-refractivity contribution in [1.29, 1.82) is 0 Å². The van der Waals surface area contributed by atoms with Gasteiger partial charge in [-0.1, -0.05) is 58.6 Å². The summed E-state index contributed by atoms with van der Waals surface area (Å²) in [5, 5.41) is 24.6. The van der Waals surface area contributed by atoms with Gasteiger partial charge in [0.1, 0.15) is 5.75 Å². The monoisotopic (exact) mass is 428 g/mol. The summed E-state index contributed by atoms with van der Waals surface area (Å²) in [6.07, 6.45) is 8.21. The summed E-state index contributed by atoms with van der Waals surface area (Å²) in [5.41, 5.74) is 0.980. The van der Waals surface area contributed by atoms with E-state index in [9.17, 15) is 5.11 Å². The average Bonchev–Trinajstić information content (AvgIpc) is 3.25. The number of phenols is 1. The molecule has 8 heteroatoms. The molecule has 164 valence electrons. The Morgan fingerprint density at radius 2 is 1.67 bits per heavy atom. The van der Waals surface area contributed by atoms with Crippen LogP contribution in [-0.2, 0) is 11.8 Å². The zero-order valence-electron chi connectivity index (χ0n) is 18.3. The Labute approximate surface area is 202 Å². The van der Waals surface area contributed by atoms with Gasteiger partial charge in [-0.3, -0.25) is 0 Å². The first-order chi connectivity index (χ1) is 14.0. The Balaban J connectivity index is 0.00000450. The van der Waals surface area contributed by atoms with Crippen LogP contribution in [0.1, 0.15) is 84.0 Å². The summed E-state index contributed by atoms with van der Waals surface area (Å²) in [6, 6.07) is 3.59. The quantitative estimate of drug-likeness (QED) is 0.344. The molecule has 0 aliphatic carbocycles. The molecule has 7 nitrogen and oxygen atoms in total. The van der Waals surface area contributed by atoms with E-state index < -0.39 is 0 Å². The Bertz CT molecular complexity index is 723. The third-order valence-electron chi connectivity index (χ3n) is 5.18. The molecule has 2 N–H and O–H groups in total. The van der Waals surface area contributed by atoms with Crippen LogP contribution in [0.3, 0.4) is 0 Å². The molecule has 0 aliphatic rings. The van der Waals surface area contributed by atoms with Gasteiger partial charge in [0, 0.05) is 11.5 Å². The van der Waals surface area contributed by atoms with Gasteiger partial charge in [-0.2, -0.15) is 5.21 Å². The molecule has 0 bridgehead atoms. The molecule has 0 radical (unpaired) electrons. The number of aromatic hydroxyl groups is 1. The average molecular weight is 429 g/mol. The van der Waals surface area contributed by atoms with Crippen molar-refractivity contribution in [3.63, 3.8) is 0 Å². The van der Waals surface area contributed by atoms with Crippen LogP contribution < -0.4 is 9.47 Å². The van der Waals surface area contributed by atoms with Crippen molar-refractivity contribution in [1.82, 2.24) is 20.6 Å². The molecule has 1 aromatic heterocycles. The molecule has 30 heavy (non-hydrogen) atoms. The number of aromatic nitrogens is 4. The predicted molar refractivity (Wildman–Crippen MR) is 121 cm³/mol. The molecule has 0 saturated carbocycles. The predicted octanol–water partition coefficient (Wildman–Crippen LogP) is 4.31. The summed E-state index contributed by atoms with van der Waals surface area (Å²) in [4.78, 5) is 0. The van der Waals surface area contributed by atoms with E-state index in [2.05, 4.69) is 48.3 Å². The number of aryl methyl sites for hydroxylation is 1. The molecule has 0 unspecified atom stereocenters. The number of benzene rings is 1. The fourth-order valence-electron chi connectivity index (χ4n) is 3.24. The standard InChI is InChI=1S/C22H36N4O3.Na.H/c1-5-7-10-13-29-20-15-17(6-2)19(16-18(20)27)28-14-11-8-9-12-22(3,4)21-23-25-26-24-21;;/h15-16,27H,5-14H2,1-4H3,(H,23,24,25,26);;. The molecule has 0 aliphatic heterocycles. The molecule has 2 rings (SSSR count). The second-order valence-electron chi connectivity index (χ2n) is 8.12. The van der Waals surface area contributed by atoms with E-state index in [0.29, 0.717) is 19.0 Å². The van der Waals surface area contributed by atoms with Gasteiger partial charge >= 0.3 is 29.6 Å². The van der Waals surface area contributed by atoms with Gasteiger partial charge in [-0.25, -0.2) is 0 Å².